The Kier molecular flexibility index (Phi) is 3.54. The number of benzene rings is 1. The summed E-state index contributed by atoms with van der Waals surface area (Å²) in [7, 11) is 1.57. The maximum Gasteiger partial charge on any atom is 0.200 e. The lowest BCUT2D eigenvalue weighted by Gasteiger charge is -2.35. The molecule has 0 unspecified atom stereocenters. The summed E-state index contributed by atoms with van der Waals surface area (Å²) in [4.78, 5) is 1.55. The number of hydrogen-bond donors (Lipinski definition) is 1. The van der Waals surface area contributed by atoms with Gasteiger partial charge in [-0.05, 0) is 7.05 Å². The fourth-order valence-electron chi connectivity index (χ4n) is 1.75. The molecule has 7 heteroatoms. The summed E-state index contributed by atoms with van der Waals surface area (Å²) < 4.78 is 65.5. The van der Waals surface area contributed by atoms with Gasteiger partial charge in [-0.3, -0.25) is 4.90 Å². The van der Waals surface area contributed by atoms with E-state index in [9.17, 15) is 22.0 Å². The quantitative estimate of drug-likeness (QED) is 0.510. The van der Waals surface area contributed by atoms with Crippen LogP contribution in [0.25, 0.3) is 0 Å². The van der Waals surface area contributed by atoms with E-state index in [1.807, 2.05) is 0 Å². The van der Waals surface area contributed by atoms with Crippen LogP contribution in [0.4, 0.5) is 22.0 Å². The molecule has 18 heavy (non-hydrogen) atoms. The molecule has 1 saturated heterocycles. The third-order valence-corrected chi connectivity index (χ3v) is 3.09. The van der Waals surface area contributed by atoms with Crippen molar-refractivity contribution in [3.8, 4) is 0 Å². The van der Waals surface area contributed by atoms with Crippen molar-refractivity contribution in [3.63, 3.8) is 0 Å². The lowest BCUT2D eigenvalue weighted by molar-refractivity contribution is 0.167. The molecule has 2 rings (SSSR count). The molecule has 0 amide bonds. The van der Waals surface area contributed by atoms with Gasteiger partial charge in [-0.15, -0.1) is 0 Å². The molecule has 0 aliphatic carbocycles. The van der Waals surface area contributed by atoms with Gasteiger partial charge in [0, 0.05) is 31.2 Å². The van der Waals surface area contributed by atoms with Crippen LogP contribution in [0.15, 0.2) is 0 Å². The van der Waals surface area contributed by atoms with Crippen LogP contribution in [-0.4, -0.2) is 31.1 Å². The van der Waals surface area contributed by atoms with E-state index < -0.39 is 34.6 Å². The van der Waals surface area contributed by atoms with Crippen LogP contribution in [0.5, 0.6) is 0 Å². The lowest BCUT2D eigenvalue weighted by atomic mass is 10.1. The monoisotopic (exact) mass is 266 g/mol. The molecular formula is C11H11F5N2. The number of nitrogens with zero attached hydrogens (tertiary/aromatic N) is 1. The fraction of sp³-hybridized carbons (Fsp3) is 0.455. The molecule has 2 nitrogen and oxygen atoms in total. The molecule has 0 aromatic heterocycles. The zero-order valence-electron chi connectivity index (χ0n) is 9.54. The van der Waals surface area contributed by atoms with Crippen molar-refractivity contribution in [1.29, 1.82) is 0 Å². The minimum atomic E-state index is -2.12. The van der Waals surface area contributed by atoms with E-state index in [0.717, 1.165) is 0 Å². The summed E-state index contributed by atoms with van der Waals surface area (Å²) in [5, 5.41) is 2.95. The van der Waals surface area contributed by atoms with Crippen molar-refractivity contribution in [2.45, 2.75) is 12.6 Å². The molecular weight excluding hydrogens is 255 g/mol. The highest BCUT2D eigenvalue weighted by Gasteiger charge is 2.28. The van der Waals surface area contributed by atoms with E-state index in [2.05, 4.69) is 5.32 Å². The second kappa shape index (κ2) is 4.81. The van der Waals surface area contributed by atoms with Gasteiger partial charge in [0.1, 0.15) is 0 Å². The summed E-state index contributed by atoms with van der Waals surface area (Å²) in [6.45, 7) is 0.940. The first-order valence-electron chi connectivity index (χ1n) is 5.34. The van der Waals surface area contributed by atoms with Gasteiger partial charge < -0.3 is 5.32 Å². The third kappa shape index (κ3) is 2.08. The summed E-state index contributed by atoms with van der Waals surface area (Å²) in [5.41, 5.74) is -0.791. The largest absolute Gasteiger partial charge is 0.314 e. The van der Waals surface area contributed by atoms with Crippen molar-refractivity contribution in [3.05, 3.63) is 34.6 Å². The van der Waals surface area contributed by atoms with Crippen LogP contribution in [0, 0.1) is 29.1 Å². The summed E-state index contributed by atoms with van der Waals surface area (Å²) in [5.74, 6) is -9.44. The van der Waals surface area contributed by atoms with Gasteiger partial charge in [0.15, 0.2) is 23.3 Å². The first-order valence-corrected chi connectivity index (χ1v) is 5.34. The highest BCUT2D eigenvalue weighted by Crippen LogP contribution is 2.24. The Hall–Kier alpha value is -1.21. The molecule has 0 atom stereocenters. The van der Waals surface area contributed by atoms with Crippen molar-refractivity contribution < 1.29 is 22.0 Å². The Morgan fingerprint density at radius 3 is 1.78 bits per heavy atom. The summed E-state index contributed by atoms with van der Waals surface area (Å²) in [6.07, 6.45) is 0. The average molecular weight is 266 g/mol. The number of hydrogen-bond acceptors (Lipinski definition) is 2. The van der Waals surface area contributed by atoms with Crippen LogP contribution in [0.2, 0.25) is 0 Å². The molecule has 1 heterocycles. The second-order valence-electron chi connectivity index (χ2n) is 4.28. The topological polar surface area (TPSA) is 15.3 Å². The molecule has 1 N–H and O–H groups in total. The van der Waals surface area contributed by atoms with Gasteiger partial charge in [-0.1, -0.05) is 0 Å². The Morgan fingerprint density at radius 2 is 1.39 bits per heavy atom. The van der Waals surface area contributed by atoms with E-state index >= 15 is 0 Å². The van der Waals surface area contributed by atoms with Crippen LogP contribution in [0.3, 0.4) is 0 Å². The molecule has 0 saturated carbocycles. The number of nitrogens with one attached hydrogen (secondary N) is 1. The predicted molar refractivity (Wildman–Crippen MR) is 54.4 cm³/mol. The van der Waals surface area contributed by atoms with Gasteiger partial charge in [0.05, 0.1) is 0 Å². The van der Waals surface area contributed by atoms with Crippen molar-refractivity contribution in [2.24, 2.45) is 0 Å². The molecule has 1 aromatic carbocycles. The fourth-order valence-corrected chi connectivity index (χ4v) is 1.75. The zero-order chi connectivity index (χ0) is 13.4. The van der Waals surface area contributed by atoms with E-state index in [1.165, 1.54) is 0 Å². The number of likely N-dealkylation sites (N-methyl/N-ethyl adjacent to an activating group) is 1. The SMILES string of the molecule is CN(Cc1c(F)c(F)c(F)c(F)c1F)C1CNC1. The van der Waals surface area contributed by atoms with Gasteiger partial charge in [0.25, 0.3) is 0 Å². The number of rotatable bonds is 3. The molecule has 1 fully saturated rings. The van der Waals surface area contributed by atoms with Crippen LogP contribution >= 0.6 is 0 Å². The normalized spacial score (nSPS) is 16.2. The van der Waals surface area contributed by atoms with Gasteiger partial charge in [-0.25, -0.2) is 22.0 Å². The lowest BCUT2D eigenvalue weighted by Crippen LogP contribution is -2.55. The van der Waals surface area contributed by atoms with Crippen LogP contribution in [-0.2, 0) is 6.54 Å². The average Bonchev–Trinajstić information content (AvgIpc) is 2.27. The Balaban J connectivity index is 2.32. The molecule has 1 aliphatic rings. The van der Waals surface area contributed by atoms with Crippen LogP contribution in [0.1, 0.15) is 5.56 Å². The minimum absolute atomic E-state index is 0.0416. The van der Waals surface area contributed by atoms with Crippen molar-refractivity contribution in [2.75, 3.05) is 20.1 Å². The summed E-state index contributed by atoms with van der Waals surface area (Å²) in [6, 6.07) is 0.0416. The molecule has 0 spiro atoms. The highest BCUT2D eigenvalue weighted by molar-refractivity contribution is 5.24. The third-order valence-electron chi connectivity index (χ3n) is 3.09. The van der Waals surface area contributed by atoms with Crippen molar-refractivity contribution >= 4 is 0 Å². The zero-order valence-corrected chi connectivity index (χ0v) is 9.54. The van der Waals surface area contributed by atoms with Gasteiger partial charge in [0.2, 0.25) is 5.82 Å². The summed E-state index contributed by atoms with van der Waals surface area (Å²) >= 11 is 0. The molecule has 100 valence electrons. The van der Waals surface area contributed by atoms with Crippen molar-refractivity contribution in [1.82, 2.24) is 10.2 Å². The Morgan fingerprint density at radius 1 is 0.944 bits per heavy atom. The number of halogens is 5. The minimum Gasteiger partial charge on any atom is -0.314 e. The Bertz CT molecular complexity index is 444. The molecule has 1 aliphatic heterocycles. The van der Waals surface area contributed by atoms with Crippen LogP contribution < -0.4 is 5.32 Å². The van der Waals surface area contributed by atoms with E-state index in [1.54, 1.807) is 11.9 Å². The molecule has 0 bridgehead atoms. The molecule has 0 radical (unpaired) electrons. The maximum absolute atomic E-state index is 13.4. The smallest absolute Gasteiger partial charge is 0.200 e. The standard InChI is InChI=1S/C11H11F5N2/c1-18(5-2-17-3-5)4-6-7(12)9(14)11(16)10(15)8(6)13/h5,17H,2-4H2,1H3. The Labute approximate surface area is 100 Å². The highest BCUT2D eigenvalue weighted by atomic mass is 19.2. The van der Waals surface area contributed by atoms with E-state index in [0.29, 0.717) is 13.1 Å². The van der Waals surface area contributed by atoms with Gasteiger partial charge >= 0.3 is 0 Å². The molecule has 1 aromatic rings. The first kappa shape index (κ1) is 13.2. The first-order chi connectivity index (χ1) is 8.43. The maximum atomic E-state index is 13.4. The van der Waals surface area contributed by atoms with E-state index in [-0.39, 0.29) is 12.6 Å². The second-order valence-corrected chi connectivity index (χ2v) is 4.28. The predicted octanol–water partition coefficient (Wildman–Crippen LogP) is 1.79. The van der Waals surface area contributed by atoms with E-state index in [4.69, 9.17) is 0 Å². The van der Waals surface area contributed by atoms with Gasteiger partial charge in [-0.2, -0.15) is 0 Å².